The predicted molar refractivity (Wildman–Crippen MR) is 67.2 cm³/mol. The first-order valence-corrected chi connectivity index (χ1v) is 6.12. The molecule has 2 aromatic carbocycles. The van der Waals surface area contributed by atoms with E-state index < -0.39 is 11.0 Å². The van der Waals surface area contributed by atoms with Crippen molar-refractivity contribution in [2.24, 2.45) is 5.29 Å². The highest BCUT2D eigenvalue weighted by Crippen LogP contribution is 2.25. The Hall–Kier alpha value is -2.01. The number of hydrogen-bond donors (Lipinski definition) is 1. The lowest BCUT2D eigenvalue weighted by molar-refractivity contribution is 0.674. The molecule has 4 nitrogen and oxygen atoms in total. The maximum Gasteiger partial charge on any atom is 0.169 e. The molecule has 1 unspecified atom stereocenters. The molecule has 0 aliphatic carbocycles. The van der Waals surface area contributed by atoms with Crippen LogP contribution in [0.5, 0.6) is 0 Å². The van der Waals surface area contributed by atoms with E-state index in [1.807, 2.05) is 47.3 Å². The molecule has 1 N–H and O–H groups in total. The summed E-state index contributed by atoms with van der Waals surface area (Å²) in [5.41, 5.74) is 1.77. The minimum absolute atomic E-state index is 0.540. The lowest BCUT2D eigenvalue weighted by atomic mass is 10.1. The molecule has 0 saturated carbocycles. The average Bonchev–Trinajstić information content (AvgIpc) is 2.40. The lowest BCUT2D eigenvalue weighted by Crippen LogP contribution is -2.10. The van der Waals surface area contributed by atoms with Gasteiger partial charge in [0.15, 0.2) is 11.0 Å². The van der Waals surface area contributed by atoms with Gasteiger partial charge in [-0.2, -0.15) is 4.83 Å². The number of nitrogens with zero attached hydrogens (tertiary/aromatic N) is 1. The van der Waals surface area contributed by atoms with Gasteiger partial charge < -0.3 is 0 Å². The summed E-state index contributed by atoms with van der Waals surface area (Å²) in [6.45, 7) is 0. The zero-order chi connectivity index (χ0) is 12.1. The van der Waals surface area contributed by atoms with Crippen molar-refractivity contribution in [2.75, 3.05) is 0 Å². The second kappa shape index (κ2) is 5.36. The number of rotatable bonds is 4. The van der Waals surface area contributed by atoms with Gasteiger partial charge in [-0.3, -0.25) is 0 Å². The van der Waals surface area contributed by atoms with Crippen molar-refractivity contribution < 1.29 is 4.21 Å². The largest absolute Gasteiger partial charge is 0.230 e. The van der Waals surface area contributed by atoms with Gasteiger partial charge in [-0.05, 0) is 17.2 Å². The number of nitrogens with one attached hydrogen (secondary N) is 1. The van der Waals surface area contributed by atoms with E-state index in [0.29, 0.717) is 4.90 Å². The summed E-state index contributed by atoms with van der Waals surface area (Å²) in [6, 6.07) is 16.7. The second-order valence-corrected chi connectivity index (χ2v) is 4.47. The van der Waals surface area contributed by atoms with Crippen LogP contribution >= 0.6 is 0 Å². The first kappa shape index (κ1) is 11.5. The zero-order valence-corrected chi connectivity index (χ0v) is 9.68. The molecular formula is C12H10N2O2S. The normalized spacial score (nSPS) is 11.8. The zero-order valence-electron chi connectivity index (χ0n) is 8.87. The highest BCUT2D eigenvalue weighted by atomic mass is 32.2. The fraction of sp³-hybridized carbons (Fsp3) is 0. The van der Waals surface area contributed by atoms with E-state index in [1.54, 1.807) is 12.1 Å². The van der Waals surface area contributed by atoms with E-state index in [1.165, 1.54) is 0 Å². The molecule has 0 aliphatic rings. The molecule has 0 aromatic heterocycles. The molecule has 0 amide bonds. The molecule has 0 spiro atoms. The van der Waals surface area contributed by atoms with Crippen molar-refractivity contribution in [2.45, 2.75) is 4.90 Å². The summed E-state index contributed by atoms with van der Waals surface area (Å²) in [6.07, 6.45) is 0. The minimum atomic E-state index is -1.62. The molecule has 0 aliphatic heterocycles. The van der Waals surface area contributed by atoms with E-state index in [0.717, 1.165) is 11.1 Å². The Balaban J connectivity index is 2.48. The Morgan fingerprint density at radius 2 is 1.59 bits per heavy atom. The summed E-state index contributed by atoms with van der Waals surface area (Å²) >= 11 is 0. The first-order valence-electron chi connectivity index (χ1n) is 4.97. The number of nitroso groups, excluding NO2 is 1. The standard InChI is InChI=1S/C12H10N2O2S/c15-13-14-17(16)12-9-5-4-8-11(12)10-6-2-1-3-7-10/h1-9H,(H,14,15). The number of benzene rings is 2. The molecule has 86 valence electrons. The molecule has 0 bridgehead atoms. The van der Waals surface area contributed by atoms with Crippen LogP contribution in [0.1, 0.15) is 0 Å². The van der Waals surface area contributed by atoms with E-state index in [9.17, 15) is 9.12 Å². The van der Waals surface area contributed by atoms with E-state index in [-0.39, 0.29) is 0 Å². The third-order valence-electron chi connectivity index (χ3n) is 2.29. The van der Waals surface area contributed by atoms with Gasteiger partial charge in [0.05, 0.1) is 10.2 Å². The Labute approximate surface area is 101 Å². The van der Waals surface area contributed by atoms with E-state index in [2.05, 4.69) is 5.29 Å². The molecule has 2 aromatic rings. The molecule has 0 saturated heterocycles. The summed E-state index contributed by atoms with van der Waals surface area (Å²) in [5, 5.41) is 2.45. The van der Waals surface area contributed by atoms with Crippen molar-refractivity contribution in [1.29, 1.82) is 0 Å². The SMILES string of the molecule is O=NNS(=O)c1ccccc1-c1ccccc1. The van der Waals surface area contributed by atoms with Crippen LogP contribution in [0.15, 0.2) is 64.8 Å². The molecule has 1 atom stereocenters. The monoisotopic (exact) mass is 246 g/mol. The quantitative estimate of drug-likeness (QED) is 0.666. The van der Waals surface area contributed by atoms with Crippen LogP contribution < -0.4 is 4.83 Å². The molecule has 17 heavy (non-hydrogen) atoms. The van der Waals surface area contributed by atoms with Gasteiger partial charge in [0, 0.05) is 0 Å². The fourth-order valence-corrected chi connectivity index (χ4v) is 2.32. The topological polar surface area (TPSA) is 58.5 Å². The second-order valence-electron chi connectivity index (χ2n) is 3.31. The highest BCUT2D eigenvalue weighted by Gasteiger charge is 2.10. The summed E-state index contributed by atoms with van der Waals surface area (Å²) in [5.74, 6) is 0. The van der Waals surface area contributed by atoms with Crippen molar-refractivity contribution in [3.05, 3.63) is 59.5 Å². The molecular weight excluding hydrogens is 236 g/mol. The maximum absolute atomic E-state index is 11.7. The van der Waals surface area contributed by atoms with E-state index in [4.69, 9.17) is 0 Å². The predicted octanol–water partition coefficient (Wildman–Crippen LogP) is 2.65. The maximum atomic E-state index is 11.7. The Morgan fingerprint density at radius 1 is 0.941 bits per heavy atom. The summed E-state index contributed by atoms with van der Waals surface area (Å²) in [4.78, 5) is 12.6. The minimum Gasteiger partial charge on any atom is -0.230 e. The fourth-order valence-electron chi connectivity index (χ4n) is 1.57. The van der Waals surface area contributed by atoms with Crippen molar-refractivity contribution in [1.82, 2.24) is 4.83 Å². The Kier molecular flexibility index (Phi) is 3.62. The number of hydrogen-bond acceptors (Lipinski definition) is 3. The Morgan fingerprint density at radius 3 is 2.29 bits per heavy atom. The average molecular weight is 246 g/mol. The van der Waals surface area contributed by atoms with Crippen molar-refractivity contribution in [3.63, 3.8) is 0 Å². The van der Waals surface area contributed by atoms with E-state index >= 15 is 0 Å². The van der Waals surface area contributed by atoms with Crippen LogP contribution in [0.25, 0.3) is 11.1 Å². The van der Waals surface area contributed by atoms with Gasteiger partial charge in [0.2, 0.25) is 0 Å². The molecule has 2 rings (SSSR count). The van der Waals surface area contributed by atoms with Crippen LogP contribution in [0.3, 0.4) is 0 Å². The van der Waals surface area contributed by atoms with Gasteiger partial charge >= 0.3 is 0 Å². The smallest absolute Gasteiger partial charge is 0.169 e. The first-order chi connectivity index (χ1) is 8.33. The van der Waals surface area contributed by atoms with Crippen LogP contribution in [0.2, 0.25) is 0 Å². The van der Waals surface area contributed by atoms with Gasteiger partial charge in [-0.25, -0.2) is 4.21 Å². The van der Waals surface area contributed by atoms with Crippen LogP contribution in [0, 0.1) is 4.91 Å². The van der Waals surface area contributed by atoms with Crippen LogP contribution in [-0.4, -0.2) is 4.21 Å². The highest BCUT2D eigenvalue weighted by molar-refractivity contribution is 7.83. The third-order valence-corrected chi connectivity index (χ3v) is 3.29. The molecule has 0 radical (unpaired) electrons. The molecule has 0 fully saturated rings. The summed E-state index contributed by atoms with van der Waals surface area (Å²) in [7, 11) is -1.62. The van der Waals surface area contributed by atoms with Gasteiger partial charge in [0.1, 0.15) is 0 Å². The molecule has 0 heterocycles. The van der Waals surface area contributed by atoms with Gasteiger partial charge in [-0.15, -0.1) is 4.91 Å². The molecule has 5 heteroatoms. The van der Waals surface area contributed by atoms with Gasteiger partial charge in [0.25, 0.3) is 0 Å². The van der Waals surface area contributed by atoms with Crippen LogP contribution in [-0.2, 0) is 11.0 Å². The Bertz CT molecular complexity index is 543. The summed E-state index contributed by atoms with van der Waals surface area (Å²) < 4.78 is 11.7. The van der Waals surface area contributed by atoms with Crippen molar-refractivity contribution >= 4 is 11.0 Å². The van der Waals surface area contributed by atoms with Gasteiger partial charge in [-0.1, -0.05) is 48.5 Å². The third kappa shape index (κ3) is 2.57. The van der Waals surface area contributed by atoms with Crippen molar-refractivity contribution in [3.8, 4) is 11.1 Å². The van der Waals surface area contributed by atoms with Crippen LogP contribution in [0.4, 0.5) is 0 Å². The lowest BCUT2D eigenvalue weighted by Gasteiger charge is -2.07.